The minimum Gasteiger partial charge on any atom is -0.312 e. The van der Waals surface area contributed by atoms with Crippen LogP contribution in [0.1, 0.15) is 0 Å². The smallest absolute Gasteiger partial charge is 0.268 e. The number of aromatic amines is 1. The lowest BCUT2D eigenvalue weighted by atomic mass is 10.2. The summed E-state index contributed by atoms with van der Waals surface area (Å²) in [4.78, 5) is 19.3. The molecule has 0 aliphatic carbocycles. The third-order valence-corrected chi connectivity index (χ3v) is 3.87. The number of nitrogens with zero attached hydrogens (tertiary/aromatic N) is 1. The molecule has 3 nitrogen and oxygen atoms in total. The van der Waals surface area contributed by atoms with E-state index < -0.39 is 0 Å². The minimum atomic E-state index is -0.0970. The van der Waals surface area contributed by atoms with Crippen LogP contribution in [0.25, 0.3) is 20.7 Å². The van der Waals surface area contributed by atoms with E-state index in [9.17, 15) is 4.79 Å². The van der Waals surface area contributed by atoms with Gasteiger partial charge in [0.2, 0.25) is 0 Å². The zero-order chi connectivity index (χ0) is 11.8. The zero-order valence-corrected chi connectivity index (χ0v) is 10.2. The van der Waals surface area contributed by atoms with E-state index >= 15 is 0 Å². The fourth-order valence-corrected chi connectivity index (χ4v) is 2.76. The van der Waals surface area contributed by atoms with Crippen molar-refractivity contribution >= 4 is 33.2 Å². The summed E-state index contributed by atoms with van der Waals surface area (Å²) in [5.41, 5.74) is 1.67. The molecule has 17 heavy (non-hydrogen) atoms. The van der Waals surface area contributed by atoms with E-state index in [4.69, 9.17) is 11.6 Å². The number of benzene rings is 1. The Morgan fingerprint density at radius 1 is 1.24 bits per heavy atom. The Hall–Kier alpha value is -1.65. The van der Waals surface area contributed by atoms with Gasteiger partial charge in [-0.1, -0.05) is 23.7 Å². The third kappa shape index (κ3) is 1.85. The van der Waals surface area contributed by atoms with Gasteiger partial charge in [0, 0.05) is 9.90 Å². The summed E-state index contributed by atoms with van der Waals surface area (Å²) >= 11 is 7.27. The largest absolute Gasteiger partial charge is 0.312 e. The molecule has 0 fully saturated rings. The molecular formula is C12H7ClN2OS. The first kappa shape index (κ1) is 10.5. The van der Waals surface area contributed by atoms with Crippen molar-refractivity contribution in [1.82, 2.24) is 9.97 Å². The summed E-state index contributed by atoms with van der Waals surface area (Å²) in [6.07, 6.45) is 1.42. The molecule has 0 amide bonds. The average Bonchev–Trinajstić information content (AvgIpc) is 2.75. The Labute approximate surface area is 106 Å². The van der Waals surface area contributed by atoms with E-state index in [2.05, 4.69) is 9.97 Å². The summed E-state index contributed by atoms with van der Waals surface area (Å²) in [5.74, 6) is 0. The number of thiophene rings is 1. The minimum absolute atomic E-state index is 0.0970. The molecule has 0 bridgehead atoms. The topological polar surface area (TPSA) is 45.8 Å². The van der Waals surface area contributed by atoms with Crippen LogP contribution >= 0.6 is 22.9 Å². The van der Waals surface area contributed by atoms with Crippen molar-refractivity contribution in [3.8, 4) is 10.4 Å². The van der Waals surface area contributed by atoms with Gasteiger partial charge in [-0.05, 0) is 23.8 Å². The molecule has 0 atom stereocenters. The van der Waals surface area contributed by atoms with Gasteiger partial charge in [0.25, 0.3) is 5.56 Å². The summed E-state index contributed by atoms with van der Waals surface area (Å²) in [7, 11) is 0. The monoisotopic (exact) mass is 262 g/mol. The first-order valence-electron chi connectivity index (χ1n) is 4.97. The van der Waals surface area contributed by atoms with Gasteiger partial charge in [-0.25, -0.2) is 4.98 Å². The van der Waals surface area contributed by atoms with Gasteiger partial charge in [0.1, 0.15) is 4.70 Å². The summed E-state index contributed by atoms with van der Waals surface area (Å²) in [5, 5.41) is 0.700. The van der Waals surface area contributed by atoms with Gasteiger partial charge in [-0.3, -0.25) is 4.79 Å². The second-order valence-corrected chi connectivity index (χ2v) is 5.05. The Balaban J connectivity index is 2.21. The van der Waals surface area contributed by atoms with Crippen LogP contribution in [0, 0.1) is 0 Å². The Morgan fingerprint density at radius 2 is 2.00 bits per heavy atom. The van der Waals surface area contributed by atoms with Crippen LogP contribution in [0.4, 0.5) is 0 Å². The van der Waals surface area contributed by atoms with Gasteiger partial charge in [0.05, 0.1) is 11.8 Å². The molecule has 2 aromatic heterocycles. The second kappa shape index (κ2) is 3.98. The maximum Gasteiger partial charge on any atom is 0.268 e. The molecule has 0 saturated carbocycles. The maximum absolute atomic E-state index is 11.6. The Kier molecular flexibility index (Phi) is 2.46. The molecule has 3 aromatic rings. The fourth-order valence-electron chi connectivity index (χ4n) is 1.62. The standard InChI is InChI=1S/C12H7ClN2OS/c13-8-3-1-7(2-4-8)10-5-9-11(17-10)12(16)15-6-14-9/h1-6H,(H,14,15,16). The van der Waals surface area contributed by atoms with Crippen LogP contribution in [-0.2, 0) is 0 Å². The Morgan fingerprint density at radius 3 is 2.71 bits per heavy atom. The Bertz CT molecular complexity index is 730. The van der Waals surface area contributed by atoms with Crippen LogP contribution < -0.4 is 5.56 Å². The van der Waals surface area contributed by atoms with E-state index in [0.29, 0.717) is 9.72 Å². The van der Waals surface area contributed by atoms with Crippen LogP contribution in [0.5, 0.6) is 0 Å². The number of rotatable bonds is 1. The van der Waals surface area contributed by atoms with Crippen molar-refractivity contribution in [2.75, 3.05) is 0 Å². The van der Waals surface area contributed by atoms with Crippen molar-refractivity contribution in [3.05, 3.63) is 52.0 Å². The van der Waals surface area contributed by atoms with Gasteiger partial charge in [0.15, 0.2) is 0 Å². The molecule has 2 heterocycles. The number of nitrogens with one attached hydrogen (secondary N) is 1. The first-order chi connectivity index (χ1) is 8.24. The van der Waals surface area contributed by atoms with Gasteiger partial charge >= 0.3 is 0 Å². The van der Waals surface area contributed by atoms with Crippen LogP contribution in [0.2, 0.25) is 5.02 Å². The highest BCUT2D eigenvalue weighted by Crippen LogP contribution is 2.31. The van der Waals surface area contributed by atoms with Crippen molar-refractivity contribution in [2.45, 2.75) is 0 Å². The molecule has 3 rings (SSSR count). The first-order valence-corrected chi connectivity index (χ1v) is 6.17. The van der Waals surface area contributed by atoms with E-state index in [1.807, 2.05) is 30.3 Å². The average molecular weight is 263 g/mol. The van der Waals surface area contributed by atoms with E-state index in [0.717, 1.165) is 16.0 Å². The van der Waals surface area contributed by atoms with E-state index in [1.54, 1.807) is 0 Å². The summed E-state index contributed by atoms with van der Waals surface area (Å²) < 4.78 is 0.650. The van der Waals surface area contributed by atoms with Crippen molar-refractivity contribution < 1.29 is 0 Å². The summed E-state index contributed by atoms with van der Waals surface area (Å²) in [6, 6.07) is 9.44. The van der Waals surface area contributed by atoms with Gasteiger partial charge in [-0.2, -0.15) is 0 Å². The number of halogens is 1. The lowest BCUT2D eigenvalue weighted by Crippen LogP contribution is -2.02. The molecule has 1 N–H and O–H groups in total. The predicted molar refractivity (Wildman–Crippen MR) is 70.7 cm³/mol. The highest BCUT2D eigenvalue weighted by molar-refractivity contribution is 7.22. The predicted octanol–water partition coefficient (Wildman–Crippen LogP) is 3.31. The summed E-state index contributed by atoms with van der Waals surface area (Å²) in [6.45, 7) is 0. The van der Waals surface area contributed by atoms with Crippen LogP contribution in [0.15, 0.2) is 41.5 Å². The highest BCUT2D eigenvalue weighted by Gasteiger charge is 2.07. The molecule has 0 radical (unpaired) electrons. The lowest BCUT2D eigenvalue weighted by Gasteiger charge is -1.95. The lowest BCUT2D eigenvalue weighted by molar-refractivity contribution is 1.18. The molecular weight excluding hydrogens is 256 g/mol. The second-order valence-electron chi connectivity index (χ2n) is 3.56. The number of hydrogen-bond donors (Lipinski definition) is 1. The molecule has 0 spiro atoms. The maximum atomic E-state index is 11.6. The normalized spacial score (nSPS) is 10.9. The van der Waals surface area contributed by atoms with Gasteiger partial charge in [-0.15, -0.1) is 11.3 Å². The van der Waals surface area contributed by atoms with E-state index in [-0.39, 0.29) is 5.56 Å². The molecule has 0 saturated heterocycles. The number of hydrogen-bond acceptors (Lipinski definition) is 3. The molecule has 0 unspecified atom stereocenters. The molecule has 5 heteroatoms. The quantitative estimate of drug-likeness (QED) is 0.731. The fraction of sp³-hybridized carbons (Fsp3) is 0. The van der Waals surface area contributed by atoms with Crippen LogP contribution in [-0.4, -0.2) is 9.97 Å². The van der Waals surface area contributed by atoms with Crippen molar-refractivity contribution in [2.24, 2.45) is 0 Å². The van der Waals surface area contributed by atoms with Gasteiger partial charge < -0.3 is 4.98 Å². The molecule has 0 aliphatic rings. The number of aromatic nitrogens is 2. The molecule has 84 valence electrons. The van der Waals surface area contributed by atoms with Crippen molar-refractivity contribution in [1.29, 1.82) is 0 Å². The number of fused-ring (bicyclic) bond motifs is 1. The van der Waals surface area contributed by atoms with Crippen LogP contribution in [0.3, 0.4) is 0 Å². The van der Waals surface area contributed by atoms with Crippen molar-refractivity contribution in [3.63, 3.8) is 0 Å². The molecule has 1 aromatic carbocycles. The third-order valence-electron chi connectivity index (χ3n) is 2.45. The molecule has 0 aliphatic heterocycles. The zero-order valence-electron chi connectivity index (χ0n) is 8.61. The van der Waals surface area contributed by atoms with E-state index in [1.165, 1.54) is 17.7 Å². The SMILES string of the molecule is O=c1[nH]cnc2cc(-c3ccc(Cl)cc3)sc12. The highest BCUT2D eigenvalue weighted by atomic mass is 35.5. The number of H-pyrrole nitrogens is 1.